The molecule has 0 bridgehead atoms. The summed E-state index contributed by atoms with van der Waals surface area (Å²) in [5.41, 5.74) is 0.815. The van der Waals surface area contributed by atoms with Gasteiger partial charge in [0.2, 0.25) is 0 Å². The van der Waals surface area contributed by atoms with Crippen molar-refractivity contribution < 1.29 is 9.90 Å². The molecule has 0 spiro atoms. The Morgan fingerprint density at radius 1 is 1.37 bits per heavy atom. The highest BCUT2D eigenvalue weighted by atomic mass is 32.1. The fourth-order valence-electron chi connectivity index (χ4n) is 2.90. The maximum absolute atomic E-state index is 11.2. The first-order valence-electron chi connectivity index (χ1n) is 7.20. The van der Waals surface area contributed by atoms with Crippen LogP contribution in [0.25, 0.3) is 0 Å². The molecule has 1 saturated carbocycles. The van der Waals surface area contributed by atoms with Gasteiger partial charge in [-0.2, -0.15) is 0 Å². The molecule has 1 atom stereocenters. The average Bonchev–Trinajstić information content (AvgIpc) is 2.74. The van der Waals surface area contributed by atoms with Crippen LogP contribution in [-0.2, 0) is 11.2 Å². The minimum atomic E-state index is -0.729. The summed E-state index contributed by atoms with van der Waals surface area (Å²) in [6, 6.07) is 0. The third-order valence-electron chi connectivity index (χ3n) is 4.31. The Morgan fingerprint density at radius 2 is 2.21 bits per heavy atom. The van der Waals surface area contributed by atoms with Gasteiger partial charge in [0.05, 0.1) is 5.69 Å². The van der Waals surface area contributed by atoms with E-state index in [4.69, 9.17) is 0 Å². The lowest BCUT2D eigenvalue weighted by Crippen LogP contribution is -2.17. The zero-order valence-electron chi connectivity index (χ0n) is 11.0. The molecule has 1 aromatic heterocycles. The first kappa shape index (κ1) is 12.9. The van der Waals surface area contributed by atoms with Crippen LogP contribution in [0.3, 0.4) is 0 Å². The van der Waals surface area contributed by atoms with Crippen LogP contribution in [0.5, 0.6) is 0 Å². The van der Waals surface area contributed by atoms with E-state index in [2.05, 4.69) is 10.3 Å². The van der Waals surface area contributed by atoms with Gasteiger partial charge in [-0.25, -0.2) is 4.98 Å². The molecule has 2 N–H and O–H groups in total. The van der Waals surface area contributed by atoms with Crippen molar-refractivity contribution in [3.63, 3.8) is 0 Å². The predicted molar refractivity (Wildman–Crippen MR) is 75.9 cm³/mol. The van der Waals surface area contributed by atoms with Gasteiger partial charge in [0, 0.05) is 11.4 Å². The molecule has 19 heavy (non-hydrogen) atoms. The summed E-state index contributed by atoms with van der Waals surface area (Å²) in [6.45, 7) is 0.967. The minimum Gasteiger partial charge on any atom is -0.481 e. The second-order valence-corrected chi connectivity index (χ2v) is 6.71. The maximum atomic E-state index is 11.2. The molecule has 0 aromatic carbocycles. The van der Waals surface area contributed by atoms with Gasteiger partial charge in [0.1, 0.15) is 5.92 Å². The summed E-state index contributed by atoms with van der Waals surface area (Å²) in [5.74, 6) is -0.219. The molecule has 0 saturated heterocycles. The van der Waals surface area contributed by atoms with Gasteiger partial charge >= 0.3 is 5.97 Å². The molecule has 2 aliphatic carbocycles. The third-order valence-corrected chi connectivity index (χ3v) is 5.39. The second kappa shape index (κ2) is 5.49. The van der Waals surface area contributed by atoms with Crippen LogP contribution in [0.2, 0.25) is 0 Å². The van der Waals surface area contributed by atoms with Gasteiger partial charge < -0.3 is 10.4 Å². The van der Waals surface area contributed by atoms with Crippen molar-refractivity contribution >= 4 is 22.4 Å². The quantitative estimate of drug-likeness (QED) is 0.869. The molecule has 1 aromatic rings. The molecule has 5 heteroatoms. The van der Waals surface area contributed by atoms with E-state index in [0.717, 1.165) is 42.6 Å². The highest BCUT2D eigenvalue weighted by molar-refractivity contribution is 7.15. The smallest absolute Gasteiger partial charge is 0.312 e. The topological polar surface area (TPSA) is 62.2 Å². The Morgan fingerprint density at radius 3 is 2.89 bits per heavy atom. The number of thiazole rings is 1. The zero-order valence-corrected chi connectivity index (χ0v) is 11.8. The normalized spacial score (nSPS) is 22.6. The number of aromatic nitrogens is 1. The number of nitrogens with zero attached hydrogens (tertiary/aromatic N) is 1. The number of fused-ring (bicyclic) bond motifs is 1. The molecule has 0 radical (unpaired) electrons. The highest BCUT2D eigenvalue weighted by Crippen LogP contribution is 2.37. The van der Waals surface area contributed by atoms with Crippen molar-refractivity contribution in [2.24, 2.45) is 5.92 Å². The molecule has 4 nitrogen and oxygen atoms in total. The van der Waals surface area contributed by atoms with E-state index < -0.39 is 5.97 Å². The number of aryl methyl sites for hydroxylation is 1. The SMILES string of the molecule is O=C(O)C1CCCc2sc(NCCC3CCC3)nc21. The molecular weight excluding hydrogens is 260 g/mol. The number of rotatable bonds is 5. The molecule has 0 aliphatic heterocycles. The first-order chi connectivity index (χ1) is 9.24. The highest BCUT2D eigenvalue weighted by Gasteiger charge is 2.29. The Bertz CT molecular complexity index is 468. The number of anilines is 1. The monoisotopic (exact) mass is 280 g/mol. The summed E-state index contributed by atoms with van der Waals surface area (Å²) in [5, 5.41) is 13.5. The molecule has 1 heterocycles. The predicted octanol–water partition coefficient (Wildman–Crippen LogP) is 3.25. The number of aliphatic carboxylic acids is 1. The summed E-state index contributed by atoms with van der Waals surface area (Å²) < 4.78 is 0. The lowest BCUT2D eigenvalue weighted by molar-refractivity contribution is -0.139. The van der Waals surface area contributed by atoms with Crippen LogP contribution in [0.4, 0.5) is 5.13 Å². The van der Waals surface area contributed by atoms with Gasteiger partial charge in [-0.1, -0.05) is 19.3 Å². The van der Waals surface area contributed by atoms with E-state index in [1.165, 1.54) is 30.6 Å². The van der Waals surface area contributed by atoms with Crippen molar-refractivity contribution in [3.05, 3.63) is 10.6 Å². The largest absolute Gasteiger partial charge is 0.481 e. The van der Waals surface area contributed by atoms with E-state index in [-0.39, 0.29) is 5.92 Å². The van der Waals surface area contributed by atoms with Crippen molar-refractivity contribution in [3.8, 4) is 0 Å². The number of hydrogen-bond acceptors (Lipinski definition) is 4. The fraction of sp³-hybridized carbons (Fsp3) is 0.714. The van der Waals surface area contributed by atoms with E-state index in [0.29, 0.717) is 0 Å². The van der Waals surface area contributed by atoms with E-state index >= 15 is 0 Å². The van der Waals surface area contributed by atoms with Gasteiger partial charge in [-0.05, 0) is 31.6 Å². The minimum absolute atomic E-state index is 0.387. The summed E-state index contributed by atoms with van der Waals surface area (Å²) >= 11 is 1.65. The molecule has 1 unspecified atom stereocenters. The molecule has 1 fully saturated rings. The number of nitrogens with one attached hydrogen (secondary N) is 1. The number of hydrogen-bond donors (Lipinski definition) is 2. The molecule has 3 rings (SSSR count). The second-order valence-electron chi connectivity index (χ2n) is 5.62. The van der Waals surface area contributed by atoms with Crippen LogP contribution in [0.1, 0.15) is 55.0 Å². The van der Waals surface area contributed by atoms with Gasteiger partial charge in [-0.3, -0.25) is 4.79 Å². The summed E-state index contributed by atoms with van der Waals surface area (Å²) in [6.07, 6.45) is 8.03. The standard InChI is InChI=1S/C14H20N2O2S/c17-13(18)10-5-2-6-11-12(10)16-14(19-11)15-8-7-9-3-1-4-9/h9-10H,1-8H2,(H,15,16)(H,17,18). The first-order valence-corrected chi connectivity index (χ1v) is 8.02. The number of carboxylic acids is 1. The Hall–Kier alpha value is -1.10. The van der Waals surface area contributed by atoms with E-state index in [9.17, 15) is 9.90 Å². The van der Waals surface area contributed by atoms with Crippen molar-refractivity contribution in [1.29, 1.82) is 0 Å². The Kier molecular flexibility index (Phi) is 3.73. The van der Waals surface area contributed by atoms with Crippen molar-refractivity contribution in [1.82, 2.24) is 4.98 Å². The Balaban J connectivity index is 1.62. The Labute approximate surface area is 117 Å². The molecular formula is C14H20N2O2S. The lowest BCUT2D eigenvalue weighted by Gasteiger charge is -2.24. The van der Waals surface area contributed by atoms with Crippen LogP contribution >= 0.6 is 11.3 Å². The fourth-order valence-corrected chi connectivity index (χ4v) is 3.99. The lowest BCUT2D eigenvalue weighted by atomic mass is 9.83. The van der Waals surface area contributed by atoms with Gasteiger partial charge in [-0.15, -0.1) is 11.3 Å². The van der Waals surface area contributed by atoms with Crippen LogP contribution in [0.15, 0.2) is 0 Å². The van der Waals surface area contributed by atoms with E-state index in [1.807, 2.05) is 0 Å². The molecule has 104 valence electrons. The van der Waals surface area contributed by atoms with Crippen LogP contribution in [-0.4, -0.2) is 22.6 Å². The van der Waals surface area contributed by atoms with E-state index in [1.54, 1.807) is 11.3 Å². The maximum Gasteiger partial charge on any atom is 0.312 e. The molecule has 0 amide bonds. The average molecular weight is 280 g/mol. The number of carboxylic acid groups (broad SMARTS) is 1. The van der Waals surface area contributed by atoms with Gasteiger partial charge in [0.15, 0.2) is 5.13 Å². The molecule has 2 aliphatic rings. The zero-order chi connectivity index (χ0) is 13.2. The van der Waals surface area contributed by atoms with Crippen LogP contribution < -0.4 is 5.32 Å². The summed E-state index contributed by atoms with van der Waals surface area (Å²) in [7, 11) is 0. The summed E-state index contributed by atoms with van der Waals surface area (Å²) in [4.78, 5) is 16.9. The number of carbonyl (C=O) groups is 1. The third kappa shape index (κ3) is 2.76. The van der Waals surface area contributed by atoms with Crippen molar-refractivity contribution in [2.75, 3.05) is 11.9 Å². The van der Waals surface area contributed by atoms with Crippen molar-refractivity contribution in [2.45, 2.75) is 50.9 Å². The van der Waals surface area contributed by atoms with Crippen LogP contribution in [0, 0.1) is 5.92 Å². The van der Waals surface area contributed by atoms with Gasteiger partial charge in [0.25, 0.3) is 0 Å².